The van der Waals surface area contributed by atoms with Gasteiger partial charge in [-0.3, -0.25) is 14.4 Å². The van der Waals surface area contributed by atoms with E-state index in [9.17, 15) is 27.6 Å². The third kappa shape index (κ3) is 9.02. The number of fused-ring (bicyclic) bond motifs is 1. The highest BCUT2D eigenvalue weighted by Gasteiger charge is 2.46. The van der Waals surface area contributed by atoms with Crippen molar-refractivity contribution in [2.24, 2.45) is 17.8 Å². The Morgan fingerprint density at radius 1 is 1.00 bits per heavy atom. The standard InChI is InChI=1S/C33H42F3N3O5Si/c1-5-6-7-8-17-43-25-13-9-22(10-14-25)30(40)26-15-11-23(29(26)32(42)44-18-19-45(2,3)4)21-39-31(41)27-20-24(33(34,35)36)12-16-28(27)37-38-39/h9-10,12-14,16,20,23,26,29H,5-8,11,15,17-19,21H2,1-4H3. The van der Waals surface area contributed by atoms with Gasteiger partial charge in [0, 0.05) is 19.6 Å². The summed E-state index contributed by atoms with van der Waals surface area (Å²) in [5, 5.41) is 7.70. The number of carbonyl (C=O) groups excluding carboxylic acids is 2. The van der Waals surface area contributed by atoms with Gasteiger partial charge in [-0.1, -0.05) is 51.0 Å². The molecule has 1 aliphatic rings. The molecule has 0 N–H and O–H groups in total. The van der Waals surface area contributed by atoms with Gasteiger partial charge in [0.25, 0.3) is 5.56 Å². The van der Waals surface area contributed by atoms with Crippen LogP contribution in [0.1, 0.15) is 61.4 Å². The Labute approximate surface area is 262 Å². The molecule has 2 aromatic carbocycles. The van der Waals surface area contributed by atoms with Gasteiger partial charge >= 0.3 is 12.1 Å². The number of halogens is 3. The number of unbranched alkanes of at least 4 members (excludes halogenated alkanes) is 3. The third-order valence-electron chi connectivity index (χ3n) is 8.36. The number of hydrogen-bond acceptors (Lipinski definition) is 7. The van der Waals surface area contributed by atoms with E-state index < -0.39 is 49.1 Å². The molecule has 0 bridgehead atoms. The minimum Gasteiger partial charge on any atom is -0.494 e. The Bertz CT molecular complexity index is 1540. The second kappa shape index (κ2) is 14.7. The van der Waals surface area contributed by atoms with Gasteiger partial charge in [-0.15, -0.1) is 5.10 Å². The minimum absolute atomic E-state index is 0.0411. The fourth-order valence-electron chi connectivity index (χ4n) is 5.73. The first kappa shape index (κ1) is 34.3. The van der Waals surface area contributed by atoms with Crippen LogP contribution < -0.4 is 10.3 Å². The number of carbonyl (C=O) groups is 2. The Morgan fingerprint density at radius 3 is 2.40 bits per heavy atom. The molecule has 1 fully saturated rings. The van der Waals surface area contributed by atoms with Crippen molar-refractivity contribution in [1.82, 2.24) is 15.0 Å². The van der Waals surface area contributed by atoms with Gasteiger partial charge < -0.3 is 9.47 Å². The van der Waals surface area contributed by atoms with Crippen molar-refractivity contribution in [2.45, 2.75) is 83.9 Å². The number of ketones is 1. The van der Waals surface area contributed by atoms with E-state index in [4.69, 9.17) is 9.47 Å². The summed E-state index contributed by atoms with van der Waals surface area (Å²) >= 11 is 0. The highest BCUT2D eigenvalue weighted by molar-refractivity contribution is 6.76. The lowest BCUT2D eigenvalue weighted by Crippen LogP contribution is -2.36. The third-order valence-corrected chi connectivity index (χ3v) is 10.1. The second-order valence-electron chi connectivity index (χ2n) is 13.1. The van der Waals surface area contributed by atoms with Gasteiger partial charge in [-0.2, -0.15) is 13.2 Å². The molecule has 3 aromatic rings. The van der Waals surface area contributed by atoms with Gasteiger partial charge in [-0.05, 0) is 73.7 Å². The van der Waals surface area contributed by atoms with E-state index in [-0.39, 0.29) is 29.8 Å². The topological polar surface area (TPSA) is 100 Å². The summed E-state index contributed by atoms with van der Waals surface area (Å²) in [7, 11) is -1.51. The lowest BCUT2D eigenvalue weighted by atomic mass is 9.84. The summed E-state index contributed by atoms with van der Waals surface area (Å²) in [5.41, 5.74) is -1.22. The van der Waals surface area contributed by atoms with Crippen molar-refractivity contribution in [3.05, 3.63) is 63.9 Å². The molecule has 244 valence electrons. The van der Waals surface area contributed by atoms with E-state index in [2.05, 4.69) is 36.9 Å². The summed E-state index contributed by atoms with van der Waals surface area (Å²) in [5.74, 6) is -2.08. The molecule has 8 nitrogen and oxygen atoms in total. The smallest absolute Gasteiger partial charge is 0.416 e. The average molecular weight is 646 g/mol. The van der Waals surface area contributed by atoms with E-state index in [1.165, 1.54) is 0 Å². The average Bonchev–Trinajstić information content (AvgIpc) is 3.40. The van der Waals surface area contributed by atoms with E-state index in [1.54, 1.807) is 24.3 Å². The van der Waals surface area contributed by atoms with Crippen LogP contribution in [0.3, 0.4) is 0 Å². The van der Waals surface area contributed by atoms with Crippen molar-refractivity contribution in [1.29, 1.82) is 0 Å². The van der Waals surface area contributed by atoms with Crippen LogP contribution in [0, 0.1) is 17.8 Å². The number of benzene rings is 2. The molecule has 1 aromatic heterocycles. The number of ether oxygens (including phenoxy) is 2. The number of aromatic nitrogens is 3. The first-order valence-electron chi connectivity index (χ1n) is 15.7. The van der Waals surface area contributed by atoms with Gasteiger partial charge in [-0.25, -0.2) is 4.68 Å². The van der Waals surface area contributed by atoms with E-state index >= 15 is 0 Å². The molecule has 0 aliphatic heterocycles. The molecule has 1 saturated carbocycles. The molecule has 3 unspecified atom stereocenters. The highest BCUT2D eigenvalue weighted by Crippen LogP contribution is 2.41. The zero-order valence-corrected chi connectivity index (χ0v) is 27.4. The molecule has 0 amide bonds. The molecule has 12 heteroatoms. The summed E-state index contributed by atoms with van der Waals surface area (Å²) in [4.78, 5) is 40.6. The molecule has 1 aliphatic carbocycles. The molecular weight excluding hydrogens is 603 g/mol. The molecule has 0 spiro atoms. The molecule has 0 radical (unpaired) electrons. The predicted molar refractivity (Wildman–Crippen MR) is 168 cm³/mol. The number of hydrogen-bond donors (Lipinski definition) is 0. The van der Waals surface area contributed by atoms with Crippen LogP contribution in [0.4, 0.5) is 13.2 Å². The first-order chi connectivity index (χ1) is 21.3. The summed E-state index contributed by atoms with van der Waals surface area (Å²) in [6.45, 7) is 9.39. The summed E-state index contributed by atoms with van der Waals surface area (Å²) in [6.07, 6.45) is 0.531. The van der Waals surface area contributed by atoms with E-state index in [1.807, 2.05) is 0 Å². The van der Waals surface area contributed by atoms with E-state index in [0.29, 0.717) is 30.8 Å². The van der Waals surface area contributed by atoms with Gasteiger partial charge in [0.2, 0.25) is 0 Å². The van der Waals surface area contributed by atoms with Gasteiger partial charge in [0.05, 0.1) is 36.6 Å². The molecule has 0 saturated heterocycles. The predicted octanol–water partition coefficient (Wildman–Crippen LogP) is 7.18. The lowest BCUT2D eigenvalue weighted by Gasteiger charge is -2.24. The van der Waals surface area contributed by atoms with Crippen molar-refractivity contribution in [3.8, 4) is 5.75 Å². The molecule has 45 heavy (non-hydrogen) atoms. The van der Waals surface area contributed by atoms with E-state index in [0.717, 1.165) is 54.6 Å². The van der Waals surface area contributed by atoms with Crippen molar-refractivity contribution < 1.29 is 32.2 Å². The van der Waals surface area contributed by atoms with Crippen LogP contribution >= 0.6 is 0 Å². The Hall–Kier alpha value is -3.54. The Balaban J connectivity index is 1.55. The lowest BCUT2D eigenvalue weighted by molar-refractivity contribution is -0.150. The monoisotopic (exact) mass is 645 g/mol. The fourth-order valence-corrected chi connectivity index (χ4v) is 6.45. The fraction of sp³-hybridized carbons (Fsp3) is 0.545. The maximum absolute atomic E-state index is 13.8. The van der Waals surface area contributed by atoms with Crippen LogP contribution in [0.5, 0.6) is 5.75 Å². The van der Waals surface area contributed by atoms with Crippen LogP contribution in [-0.2, 0) is 22.3 Å². The van der Waals surface area contributed by atoms with Crippen molar-refractivity contribution in [3.63, 3.8) is 0 Å². The van der Waals surface area contributed by atoms with Crippen LogP contribution in [0.25, 0.3) is 10.9 Å². The zero-order valence-electron chi connectivity index (χ0n) is 26.4. The van der Waals surface area contributed by atoms with Gasteiger partial charge in [0.15, 0.2) is 5.78 Å². The van der Waals surface area contributed by atoms with Crippen molar-refractivity contribution >= 4 is 30.7 Å². The minimum atomic E-state index is -4.63. The number of alkyl halides is 3. The van der Waals surface area contributed by atoms with Gasteiger partial charge in [0.1, 0.15) is 11.3 Å². The maximum atomic E-state index is 13.8. The number of Topliss-reactive ketones (excluding diaryl/α,β-unsaturated/α-hetero) is 1. The molecule has 3 atom stereocenters. The summed E-state index contributed by atoms with van der Waals surface area (Å²) < 4.78 is 52.5. The highest BCUT2D eigenvalue weighted by atomic mass is 28.3. The Morgan fingerprint density at radius 2 is 1.73 bits per heavy atom. The zero-order chi connectivity index (χ0) is 32.8. The van der Waals surface area contributed by atoms with Crippen LogP contribution in [-0.4, -0.2) is 48.0 Å². The van der Waals surface area contributed by atoms with Crippen molar-refractivity contribution in [2.75, 3.05) is 13.2 Å². The second-order valence-corrected chi connectivity index (χ2v) is 18.7. The number of esters is 1. The maximum Gasteiger partial charge on any atom is 0.416 e. The largest absolute Gasteiger partial charge is 0.494 e. The number of rotatable bonds is 14. The first-order valence-corrected chi connectivity index (χ1v) is 19.4. The molecular formula is C33H42F3N3O5Si. The SMILES string of the molecule is CCCCCCOc1ccc(C(=O)C2CCC(Cn3nnc4ccc(C(F)(F)F)cc4c3=O)C2C(=O)OCC[Si](C)(C)C)cc1. The summed E-state index contributed by atoms with van der Waals surface area (Å²) in [6, 6.07) is 10.4. The quantitative estimate of drug-likeness (QED) is 0.0793. The molecule has 4 rings (SSSR count). The molecule has 1 heterocycles. The normalized spacial score (nSPS) is 18.7. The number of nitrogens with zero attached hydrogens (tertiary/aromatic N) is 3. The van der Waals surface area contributed by atoms with Crippen LogP contribution in [0.2, 0.25) is 25.7 Å². The van der Waals surface area contributed by atoms with Crippen LogP contribution in [0.15, 0.2) is 47.3 Å². The Kier molecular flexibility index (Phi) is 11.2.